The molecule has 0 saturated heterocycles. The highest BCUT2D eigenvalue weighted by atomic mass is 79.9. The number of aliphatic imine (C=N–C) groups is 1. The fraction of sp³-hybridized carbons (Fsp3) is 0.158. The Morgan fingerprint density at radius 2 is 2.07 bits per heavy atom. The molecule has 0 unspecified atom stereocenters. The molecular formula is C19H15BrN4O5S. The molecule has 1 aliphatic heterocycles. The number of carbonyl (C=O) groups excluding carboxylic acids is 1. The molecule has 3 aromatic rings. The van der Waals surface area contributed by atoms with Gasteiger partial charge in [-0.05, 0) is 31.2 Å². The second-order valence-corrected chi connectivity index (χ2v) is 8.95. The topological polar surface area (TPSA) is 124 Å². The van der Waals surface area contributed by atoms with Crippen molar-refractivity contribution in [2.45, 2.75) is 24.5 Å². The lowest BCUT2D eigenvalue weighted by molar-refractivity contribution is -0.146. The van der Waals surface area contributed by atoms with E-state index in [1.54, 1.807) is 18.2 Å². The molecule has 0 fully saturated rings. The molecule has 4 rings (SSSR count). The molecule has 2 aromatic carbocycles. The van der Waals surface area contributed by atoms with Crippen molar-refractivity contribution in [3.8, 4) is 11.4 Å². The van der Waals surface area contributed by atoms with E-state index in [4.69, 9.17) is 9.26 Å². The summed E-state index contributed by atoms with van der Waals surface area (Å²) in [6.45, 7) is 1.28. The Bertz CT molecular complexity index is 1260. The van der Waals surface area contributed by atoms with Crippen molar-refractivity contribution in [3.05, 3.63) is 64.5 Å². The van der Waals surface area contributed by atoms with Gasteiger partial charge in [0.1, 0.15) is 11.9 Å². The van der Waals surface area contributed by atoms with E-state index in [2.05, 4.69) is 35.8 Å². The van der Waals surface area contributed by atoms with Crippen LogP contribution in [0.4, 0.5) is 0 Å². The summed E-state index contributed by atoms with van der Waals surface area (Å²) in [6, 6.07) is 12.8. The van der Waals surface area contributed by atoms with Crippen molar-refractivity contribution in [1.82, 2.24) is 14.9 Å². The number of sulfonamides is 1. The van der Waals surface area contributed by atoms with Crippen molar-refractivity contribution >= 4 is 37.8 Å². The van der Waals surface area contributed by atoms with Gasteiger partial charge in [-0.3, -0.25) is 9.71 Å². The number of benzene rings is 2. The Morgan fingerprint density at radius 3 is 2.87 bits per heavy atom. The highest BCUT2D eigenvalue weighted by molar-refractivity contribution is 9.10. The number of carbonyl (C=O) groups is 1. The molecular weight excluding hydrogens is 476 g/mol. The molecule has 1 atom stereocenters. The lowest BCUT2D eigenvalue weighted by Crippen LogP contribution is -2.26. The van der Waals surface area contributed by atoms with Gasteiger partial charge in [0.05, 0.1) is 4.90 Å². The molecule has 0 radical (unpaired) electrons. The maximum absolute atomic E-state index is 12.3. The smallest absolute Gasteiger partial charge is 0.331 e. The van der Waals surface area contributed by atoms with Crippen molar-refractivity contribution in [3.63, 3.8) is 0 Å². The zero-order valence-corrected chi connectivity index (χ0v) is 18.0. The zero-order valence-electron chi connectivity index (χ0n) is 15.6. The number of esters is 1. The number of rotatable bonds is 5. The summed E-state index contributed by atoms with van der Waals surface area (Å²) in [7, 11) is -3.68. The summed E-state index contributed by atoms with van der Waals surface area (Å²) in [5, 5.41) is 3.87. The Kier molecular flexibility index (Phi) is 5.39. The highest BCUT2D eigenvalue weighted by Gasteiger charge is 2.31. The Labute approximate surface area is 180 Å². The summed E-state index contributed by atoms with van der Waals surface area (Å²) in [5.41, 5.74) is 1.16. The molecule has 154 valence electrons. The van der Waals surface area contributed by atoms with Crippen molar-refractivity contribution in [1.29, 1.82) is 0 Å². The Morgan fingerprint density at radius 1 is 1.27 bits per heavy atom. The van der Waals surface area contributed by atoms with Crippen molar-refractivity contribution in [2.24, 2.45) is 4.99 Å². The Hall–Kier alpha value is -3.05. The SMILES string of the molecule is C[C@H](N=C1NS(=O)(=O)c2ccccc21)C(=O)OCc1nc(-c2cccc(Br)c2)no1. The first kappa shape index (κ1) is 20.2. The van der Waals surface area contributed by atoms with Gasteiger partial charge in [-0.2, -0.15) is 4.98 Å². The van der Waals surface area contributed by atoms with Gasteiger partial charge in [0.25, 0.3) is 15.9 Å². The van der Waals surface area contributed by atoms with Crippen LogP contribution in [0.15, 0.2) is 67.4 Å². The van der Waals surface area contributed by atoms with E-state index in [9.17, 15) is 13.2 Å². The van der Waals surface area contributed by atoms with Crippen LogP contribution >= 0.6 is 15.9 Å². The minimum absolute atomic E-state index is 0.102. The van der Waals surface area contributed by atoms with E-state index in [-0.39, 0.29) is 23.2 Å². The van der Waals surface area contributed by atoms with Crippen LogP contribution in [0, 0.1) is 0 Å². The second kappa shape index (κ2) is 8.00. The molecule has 11 heteroatoms. The van der Waals surface area contributed by atoms with Crippen molar-refractivity contribution < 1.29 is 22.5 Å². The largest absolute Gasteiger partial charge is 0.454 e. The van der Waals surface area contributed by atoms with Crippen LogP contribution in [-0.4, -0.2) is 36.4 Å². The summed E-state index contributed by atoms with van der Waals surface area (Å²) in [6.07, 6.45) is 0. The molecule has 1 N–H and O–H groups in total. The van der Waals surface area contributed by atoms with E-state index in [0.29, 0.717) is 11.4 Å². The van der Waals surface area contributed by atoms with E-state index in [1.165, 1.54) is 13.0 Å². The van der Waals surface area contributed by atoms with Gasteiger partial charge in [0.2, 0.25) is 5.82 Å². The van der Waals surface area contributed by atoms with Crippen molar-refractivity contribution in [2.75, 3.05) is 0 Å². The van der Waals surface area contributed by atoms with E-state index in [0.717, 1.165) is 10.0 Å². The lowest BCUT2D eigenvalue weighted by atomic mass is 10.2. The normalized spacial score (nSPS) is 16.7. The monoisotopic (exact) mass is 490 g/mol. The van der Waals surface area contributed by atoms with Gasteiger partial charge < -0.3 is 9.26 Å². The third kappa shape index (κ3) is 4.12. The number of nitrogens with zero attached hydrogens (tertiary/aromatic N) is 3. The van der Waals surface area contributed by atoms with Gasteiger partial charge >= 0.3 is 5.97 Å². The summed E-state index contributed by atoms with van der Waals surface area (Å²) >= 11 is 3.37. The third-order valence-electron chi connectivity index (χ3n) is 4.22. The van der Waals surface area contributed by atoms with Crippen LogP contribution in [0.5, 0.6) is 0 Å². The van der Waals surface area contributed by atoms with Gasteiger partial charge in [-0.25, -0.2) is 13.2 Å². The standard InChI is InChI=1S/C19H15BrN4O5S/c1-11(21-18-14-7-2-3-8-15(14)30(26,27)24-18)19(25)28-10-16-22-17(23-29-16)12-5-4-6-13(20)9-12/h2-9,11H,10H2,1H3,(H,21,24)/t11-/m0/s1. The number of fused-ring (bicyclic) bond motifs is 1. The number of amidine groups is 1. The second-order valence-electron chi connectivity index (χ2n) is 6.39. The quantitative estimate of drug-likeness (QED) is 0.545. The first-order chi connectivity index (χ1) is 14.3. The molecule has 0 amide bonds. The van der Waals surface area contributed by atoms with E-state index >= 15 is 0 Å². The molecule has 0 aliphatic carbocycles. The number of halogens is 1. The van der Waals surface area contributed by atoms with Crippen LogP contribution in [-0.2, 0) is 26.2 Å². The first-order valence-corrected chi connectivity index (χ1v) is 11.1. The summed E-state index contributed by atoms with van der Waals surface area (Å²) in [5.74, 6) is -0.0595. The third-order valence-corrected chi connectivity index (χ3v) is 6.11. The fourth-order valence-electron chi connectivity index (χ4n) is 2.79. The molecule has 9 nitrogen and oxygen atoms in total. The van der Waals surface area contributed by atoms with Crippen LogP contribution in [0.3, 0.4) is 0 Å². The molecule has 0 saturated carbocycles. The summed E-state index contributed by atoms with van der Waals surface area (Å²) in [4.78, 5) is 20.8. The van der Waals surface area contributed by atoms with Gasteiger partial charge in [-0.1, -0.05) is 45.4 Å². The van der Waals surface area contributed by atoms with Gasteiger partial charge in [-0.15, -0.1) is 0 Å². The Balaban J connectivity index is 1.42. The average Bonchev–Trinajstić information content (AvgIpc) is 3.29. The number of hydrogen-bond donors (Lipinski definition) is 1. The number of ether oxygens (including phenoxy) is 1. The summed E-state index contributed by atoms with van der Waals surface area (Å²) < 4.78 is 37.8. The number of nitrogens with one attached hydrogen (secondary N) is 1. The molecule has 30 heavy (non-hydrogen) atoms. The zero-order chi connectivity index (χ0) is 21.3. The van der Waals surface area contributed by atoms with Crippen LogP contribution in [0.2, 0.25) is 0 Å². The van der Waals surface area contributed by atoms with Gasteiger partial charge in [0.15, 0.2) is 6.61 Å². The van der Waals surface area contributed by atoms with Crippen LogP contribution in [0.25, 0.3) is 11.4 Å². The first-order valence-electron chi connectivity index (χ1n) is 8.79. The molecule has 1 aliphatic rings. The minimum Gasteiger partial charge on any atom is -0.454 e. The minimum atomic E-state index is -3.68. The van der Waals surface area contributed by atoms with E-state index in [1.807, 2.05) is 24.3 Å². The molecule has 0 spiro atoms. The predicted octanol–water partition coefficient (Wildman–Crippen LogP) is 2.67. The maximum Gasteiger partial charge on any atom is 0.331 e. The maximum atomic E-state index is 12.3. The van der Waals surface area contributed by atoms with E-state index < -0.39 is 22.0 Å². The number of aromatic nitrogens is 2. The van der Waals surface area contributed by atoms with Crippen LogP contribution in [0.1, 0.15) is 18.4 Å². The highest BCUT2D eigenvalue weighted by Crippen LogP contribution is 2.23. The van der Waals surface area contributed by atoms with Crippen LogP contribution < -0.4 is 4.72 Å². The lowest BCUT2D eigenvalue weighted by Gasteiger charge is -2.07. The predicted molar refractivity (Wildman–Crippen MR) is 110 cm³/mol. The number of hydrogen-bond acceptors (Lipinski definition) is 8. The van der Waals surface area contributed by atoms with Gasteiger partial charge in [0, 0.05) is 15.6 Å². The molecule has 2 heterocycles. The molecule has 0 bridgehead atoms. The average molecular weight is 491 g/mol. The fourth-order valence-corrected chi connectivity index (χ4v) is 4.43. The molecule has 1 aromatic heterocycles.